The minimum Gasteiger partial charge on any atom is -0.468 e. The molecule has 0 radical (unpaired) electrons. The zero-order valence-corrected chi connectivity index (χ0v) is 10.5. The summed E-state index contributed by atoms with van der Waals surface area (Å²) in [5.74, 6) is -0.384. The average Bonchev–Trinajstić information content (AvgIpc) is 2.44. The monoisotopic (exact) mass is 247 g/mol. The molecule has 4 nitrogen and oxygen atoms in total. The third-order valence-electron chi connectivity index (χ3n) is 3.41. The lowest BCUT2D eigenvalue weighted by Gasteiger charge is -2.32. The zero-order valence-electron chi connectivity index (χ0n) is 10.5. The molecule has 0 heterocycles. The second kappa shape index (κ2) is 5.67. The highest BCUT2D eigenvalue weighted by molar-refractivity contribution is 5.74. The van der Waals surface area contributed by atoms with Crippen molar-refractivity contribution in [1.82, 2.24) is 4.90 Å². The highest BCUT2D eigenvalue weighted by Gasteiger charge is 2.26. The molecule has 1 amide bonds. The molecule has 1 aliphatic rings. The topological polar surface area (TPSA) is 46.6 Å². The number of methoxy groups -OCH3 is 1. The summed E-state index contributed by atoms with van der Waals surface area (Å²) in [5.41, 5.74) is 2.42. The molecule has 0 aliphatic heterocycles. The van der Waals surface area contributed by atoms with Crippen LogP contribution in [0.25, 0.3) is 0 Å². The number of aryl methyl sites for hydroxylation is 1. The number of amides is 1. The van der Waals surface area contributed by atoms with Crippen LogP contribution in [0.3, 0.4) is 0 Å². The molecule has 0 aromatic heterocycles. The molecule has 0 fully saturated rings. The van der Waals surface area contributed by atoms with Crippen LogP contribution in [-0.4, -0.2) is 30.9 Å². The summed E-state index contributed by atoms with van der Waals surface area (Å²) in [6.45, 7) is 0.0129. The molecule has 2 rings (SSSR count). The second-order valence-corrected chi connectivity index (χ2v) is 4.46. The Morgan fingerprint density at radius 2 is 2.28 bits per heavy atom. The van der Waals surface area contributed by atoms with Crippen molar-refractivity contribution in [3.8, 4) is 0 Å². The van der Waals surface area contributed by atoms with Crippen LogP contribution in [0.5, 0.6) is 0 Å². The molecule has 1 aliphatic carbocycles. The number of carbonyl (C=O) groups excluding carboxylic acids is 2. The smallest absolute Gasteiger partial charge is 0.325 e. The Kier molecular flexibility index (Phi) is 3.97. The molecule has 1 aromatic rings. The summed E-state index contributed by atoms with van der Waals surface area (Å²) < 4.78 is 4.62. The Hall–Kier alpha value is -1.84. The van der Waals surface area contributed by atoms with Crippen molar-refractivity contribution in [2.24, 2.45) is 0 Å². The number of hydrogen-bond acceptors (Lipinski definition) is 3. The molecular weight excluding hydrogens is 230 g/mol. The summed E-state index contributed by atoms with van der Waals surface area (Å²) in [7, 11) is 1.33. The minimum atomic E-state index is -0.384. The number of rotatable bonds is 4. The fourth-order valence-electron chi connectivity index (χ4n) is 2.51. The molecule has 1 atom stereocenters. The normalized spacial score (nSPS) is 17.7. The first-order valence-corrected chi connectivity index (χ1v) is 6.12. The molecule has 0 saturated heterocycles. The van der Waals surface area contributed by atoms with Crippen molar-refractivity contribution in [1.29, 1.82) is 0 Å². The minimum absolute atomic E-state index is 0.00782. The predicted octanol–water partition coefficient (Wildman–Crippen LogP) is 1.70. The van der Waals surface area contributed by atoms with Crippen molar-refractivity contribution < 1.29 is 14.3 Å². The molecule has 1 aromatic carbocycles. The van der Waals surface area contributed by atoms with Gasteiger partial charge in [-0.3, -0.25) is 9.59 Å². The van der Waals surface area contributed by atoms with Crippen LogP contribution in [0.1, 0.15) is 30.0 Å². The number of benzene rings is 1. The Morgan fingerprint density at radius 3 is 3.00 bits per heavy atom. The van der Waals surface area contributed by atoms with Crippen molar-refractivity contribution in [3.05, 3.63) is 35.4 Å². The van der Waals surface area contributed by atoms with Crippen LogP contribution in [0.2, 0.25) is 0 Å². The van der Waals surface area contributed by atoms with Crippen molar-refractivity contribution in [3.63, 3.8) is 0 Å². The molecule has 0 bridgehead atoms. The first kappa shape index (κ1) is 12.6. The predicted molar refractivity (Wildman–Crippen MR) is 66.9 cm³/mol. The van der Waals surface area contributed by atoms with Crippen LogP contribution in [0, 0.1) is 0 Å². The molecule has 0 N–H and O–H groups in total. The summed E-state index contributed by atoms with van der Waals surface area (Å²) in [5, 5.41) is 0. The van der Waals surface area contributed by atoms with E-state index in [1.54, 1.807) is 0 Å². The fourth-order valence-corrected chi connectivity index (χ4v) is 2.51. The van der Waals surface area contributed by atoms with E-state index in [2.05, 4.69) is 10.8 Å². The maximum absolute atomic E-state index is 11.3. The van der Waals surface area contributed by atoms with Gasteiger partial charge in [0.05, 0.1) is 13.2 Å². The number of esters is 1. The third-order valence-corrected chi connectivity index (χ3v) is 3.41. The molecule has 0 spiro atoms. The second-order valence-electron chi connectivity index (χ2n) is 4.46. The van der Waals surface area contributed by atoms with E-state index in [1.807, 2.05) is 18.2 Å². The SMILES string of the molecule is COC(=O)CN(C=O)C1CCCc2ccccc21. The highest BCUT2D eigenvalue weighted by atomic mass is 16.5. The zero-order chi connectivity index (χ0) is 13.0. The first-order valence-electron chi connectivity index (χ1n) is 6.12. The Balaban J connectivity index is 2.22. The van der Waals surface area contributed by atoms with Gasteiger partial charge in [-0.2, -0.15) is 0 Å². The highest BCUT2D eigenvalue weighted by Crippen LogP contribution is 2.33. The van der Waals surface area contributed by atoms with E-state index in [-0.39, 0.29) is 18.6 Å². The molecular formula is C14H17NO3. The van der Waals surface area contributed by atoms with Gasteiger partial charge in [0.15, 0.2) is 0 Å². The lowest BCUT2D eigenvalue weighted by Crippen LogP contribution is -2.35. The van der Waals surface area contributed by atoms with E-state index in [1.165, 1.54) is 17.6 Å². The number of ether oxygens (including phenoxy) is 1. The van der Waals surface area contributed by atoms with E-state index in [0.717, 1.165) is 31.2 Å². The number of carbonyl (C=O) groups is 2. The molecule has 0 saturated carbocycles. The Morgan fingerprint density at radius 1 is 1.50 bits per heavy atom. The lowest BCUT2D eigenvalue weighted by atomic mass is 9.87. The third kappa shape index (κ3) is 2.53. The average molecular weight is 247 g/mol. The van der Waals surface area contributed by atoms with E-state index in [0.29, 0.717) is 0 Å². The maximum Gasteiger partial charge on any atom is 0.325 e. The van der Waals surface area contributed by atoms with Gasteiger partial charge in [-0.15, -0.1) is 0 Å². The van der Waals surface area contributed by atoms with Gasteiger partial charge in [-0.25, -0.2) is 0 Å². The van der Waals surface area contributed by atoms with Gasteiger partial charge in [0.1, 0.15) is 6.54 Å². The quantitative estimate of drug-likeness (QED) is 0.601. The molecule has 1 unspecified atom stereocenters. The fraction of sp³-hybridized carbons (Fsp3) is 0.429. The Labute approximate surface area is 107 Å². The number of hydrogen-bond donors (Lipinski definition) is 0. The van der Waals surface area contributed by atoms with E-state index in [9.17, 15) is 9.59 Å². The van der Waals surface area contributed by atoms with Crippen molar-refractivity contribution in [2.75, 3.05) is 13.7 Å². The van der Waals surface area contributed by atoms with Gasteiger partial charge in [-0.05, 0) is 30.4 Å². The van der Waals surface area contributed by atoms with Gasteiger partial charge >= 0.3 is 5.97 Å². The van der Waals surface area contributed by atoms with E-state index >= 15 is 0 Å². The summed E-state index contributed by atoms with van der Waals surface area (Å²) in [4.78, 5) is 24.0. The molecule has 18 heavy (non-hydrogen) atoms. The van der Waals surface area contributed by atoms with Crippen LogP contribution in [0.15, 0.2) is 24.3 Å². The Bertz CT molecular complexity index is 444. The van der Waals surface area contributed by atoms with Crippen LogP contribution >= 0.6 is 0 Å². The van der Waals surface area contributed by atoms with Gasteiger partial charge in [0.25, 0.3) is 0 Å². The van der Waals surface area contributed by atoms with Gasteiger partial charge in [0, 0.05) is 0 Å². The standard InChI is InChI=1S/C14H17NO3/c1-18-14(17)9-15(10-16)13-8-4-6-11-5-2-3-7-12(11)13/h2-3,5,7,10,13H,4,6,8-9H2,1H3. The van der Waals surface area contributed by atoms with Crippen molar-refractivity contribution >= 4 is 12.4 Å². The molecule has 96 valence electrons. The summed E-state index contributed by atoms with van der Waals surface area (Å²) in [6, 6.07) is 8.09. The van der Waals surface area contributed by atoms with Crippen molar-refractivity contribution in [2.45, 2.75) is 25.3 Å². The first-order chi connectivity index (χ1) is 8.76. The van der Waals surface area contributed by atoms with Crippen LogP contribution in [0.4, 0.5) is 0 Å². The largest absolute Gasteiger partial charge is 0.468 e. The summed E-state index contributed by atoms with van der Waals surface area (Å²) >= 11 is 0. The lowest BCUT2D eigenvalue weighted by molar-refractivity contribution is -0.145. The molecule has 4 heteroatoms. The van der Waals surface area contributed by atoms with Gasteiger partial charge in [0.2, 0.25) is 6.41 Å². The van der Waals surface area contributed by atoms with Gasteiger partial charge in [-0.1, -0.05) is 24.3 Å². The van der Waals surface area contributed by atoms with Crippen LogP contribution in [-0.2, 0) is 20.7 Å². The summed E-state index contributed by atoms with van der Waals surface area (Å²) in [6.07, 6.45) is 3.71. The number of fused-ring (bicyclic) bond motifs is 1. The maximum atomic E-state index is 11.3. The van der Waals surface area contributed by atoms with Crippen LogP contribution < -0.4 is 0 Å². The van der Waals surface area contributed by atoms with E-state index < -0.39 is 0 Å². The van der Waals surface area contributed by atoms with E-state index in [4.69, 9.17) is 0 Å². The van der Waals surface area contributed by atoms with Gasteiger partial charge < -0.3 is 9.64 Å². The number of nitrogens with zero attached hydrogens (tertiary/aromatic N) is 1.